The number of rotatable bonds is 7. The number of thioether (sulfide) groups is 1. The van der Waals surface area contributed by atoms with E-state index in [1.54, 1.807) is 30.5 Å². The Morgan fingerprint density at radius 3 is 2.40 bits per heavy atom. The standard InChI is InChI=1S/C23H24N4O2S/c1-15-3-10-20(13-16(15)2)27-12-11-24-23(27)30-14-21(28)25-18-6-8-19(9-7-18)26-22(29)17-4-5-17/h3,6-13,17H,4-5,14H2,1-2H3,(H,25,28)(H,26,29). The SMILES string of the molecule is Cc1ccc(-n2ccnc2SCC(=O)Nc2ccc(NC(=O)C3CC3)cc2)cc1C. The average molecular weight is 421 g/mol. The minimum atomic E-state index is -0.107. The van der Waals surface area contributed by atoms with Crippen molar-refractivity contribution in [1.82, 2.24) is 9.55 Å². The lowest BCUT2D eigenvalue weighted by Crippen LogP contribution is -2.15. The lowest BCUT2D eigenvalue weighted by molar-refractivity contribution is -0.117. The third kappa shape index (κ3) is 4.91. The summed E-state index contributed by atoms with van der Waals surface area (Å²) < 4.78 is 1.99. The number of hydrogen-bond acceptors (Lipinski definition) is 4. The van der Waals surface area contributed by atoms with Crippen LogP contribution in [0.3, 0.4) is 0 Å². The summed E-state index contributed by atoms with van der Waals surface area (Å²) in [7, 11) is 0. The molecule has 6 nitrogen and oxygen atoms in total. The van der Waals surface area contributed by atoms with Gasteiger partial charge in [0, 0.05) is 35.4 Å². The van der Waals surface area contributed by atoms with Gasteiger partial charge in [-0.1, -0.05) is 17.8 Å². The molecule has 1 aliphatic rings. The number of hydrogen-bond donors (Lipinski definition) is 2. The molecule has 4 rings (SSSR count). The maximum absolute atomic E-state index is 12.4. The predicted octanol–water partition coefficient (Wildman–Crippen LogP) is 4.57. The van der Waals surface area contributed by atoms with Crippen LogP contribution in [0.5, 0.6) is 0 Å². The van der Waals surface area contributed by atoms with E-state index in [-0.39, 0.29) is 23.5 Å². The highest BCUT2D eigenvalue weighted by Crippen LogP contribution is 2.30. The molecule has 2 aromatic carbocycles. The Labute approximate surface area is 180 Å². The fourth-order valence-electron chi connectivity index (χ4n) is 3.02. The van der Waals surface area contributed by atoms with Crippen LogP contribution < -0.4 is 10.6 Å². The predicted molar refractivity (Wildman–Crippen MR) is 120 cm³/mol. The number of benzene rings is 2. The second kappa shape index (κ2) is 8.75. The van der Waals surface area contributed by atoms with Gasteiger partial charge in [-0.25, -0.2) is 4.98 Å². The normalized spacial score (nSPS) is 13.1. The van der Waals surface area contributed by atoms with E-state index < -0.39 is 0 Å². The molecule has 2 amide bonds. The fraction of sp³-hybridized carbons (Fsp3) is 0.261. The summed E-state index contributed by atoms with van der Waals surface area (Å²) in [6.45, 7) is 4.17. The Morgan fingerprint density at radius 2 is 1.73 bits per heavy atom. The molecule has 1 aliphatic carbocycles. The van der Waals surface area contributed by atoms with Crippen LogP contribution in [0.15, 0.2) is 60.0 Å². The summed E-state index contributed by atoms with van der Waals surface area (Å²) in [5.74, 6) is 0.381. The van der Waals surface area contributed by atoms with Gasteiger partial charge in [-0.3, -0.25) is 14.2 Å². The van der Waals surface area contributed by atoms with Gasteiger partial charge in [0.25, 0.3) is 0 Å². The Kier molecular flexibility index (Phi) is 5.90. The van der Waals surface area contributed by atoms with Crippen molar-refractivity contribution in [1.29, 1.82) is 0 Å². The van der Waals surface area contributed by atoms with Crippen molar-refractivity contribution in [2.75, 3.05) is 16.4 Å². The first-order valence-corrected chi connectivity index (χ1v) is 10.9. The van der Waals surface area contributed by atoms with Crippen LogP contribution >= 0.6 is 11.8 Å². The van der Waals surface area contributed by atoms with Gasteiger partial charge in [0.15, 0.2) is 5.16 Å². The van der Waals surface area contributed by atoms with E-state index in [0.717, 1.165) is 29.4 Å². The van der Waals surface area contributed by atoms with Crippen LogP contribution in [0.1, 0.15) is 24.0 Å². The third-order valence-corrected chi connectivity index (χ3v) is 6.06. The van der Waals surface area contributed by atoms with Gasteiger partial charge in [-0.2, -0.15) is 0 Å². The highest BCUT2D eigenvalue weighted by atomic mass is 32.2. The minimum Gasteiger partial charge on any atom is -0.326 e. The van der Waals surface area contributed by atoms with Crippen LogP contribution in [-0.2, 0) is 9.59 Å². The van der Waals surface area contributed by atoms with Crippen molar-refractivity contribution < 1.29 is 9.59 Å². The maximum atomic E-state index is 12.4. The van der Waals surface area contributed by atoms with E-state index in [2.05, 4.69) is 47.7 Å². The summed E-state index contributed by atoms with van der Waals surface area (Å²) in [6, 6.07) is 13.4. The van der Waals surface area contributed by atoms with Gasteiger partial charge in [-0.05, 0) is 74.2 Å². The molecule has 1 heterocycles. The molecule has 2 N–H and O–H groups in total. The van der Waals surface area contributed by atoms with Gasteiger partial charge in [0.1, 0.15) is 0 Å². The van der Waals surface area contributed by atoms with Crippen molar-refractivity contribution in [3.63, 3.8) is 0 Å². The topological polar surface area (TPSA) is 76.0 Å². The molecule has 0 aliphatic heterocycles. The quantitative estimate of drug-likeness (QED) is 0.549. The van der Waals surface area contributed by atoms with Gasteiger partial charge in [0.2, 0.25) is 11.8 Å². The van der Waals surface area contributed by atoms with E-state index >= 15 is 0 Å². The number of carbonyl (C=O) groups excluding carboxylic acids is 2. The average Bonchev–Trinajstić information content (AvgIpc) is 3.48. The number of nitrogens with zero attached hydrogens (tertiary/aromatic N) is 2. The molecule has 1 aromatic heterocycles. The van der Waals surface area contributed by atoms with Crippen LogP contribution in [0.25, 0.3) is 5.69 Å². The van der Waals surface area contributed by atoms with Crippen LogP contribution in [0.2, 0.25) is 0 Å². The number of anilines is 2. The lowest BCUT2D eigenvalue weighted by Gasteiger charge is -2.10. The van der Waals surface area contributed by atoms with Gasteiger partial charge in [0.05, 0.1) is 5.75 Å². The fourth-order valence-corrected chi connectivity index (χ4v) is 3.80. The van der Waals surface area contributed by atoms with Crippen LogP contribution in [-0.4, -0.2) is 27.1 Å². The number of amides is 2. The second-order valence-electron chi connectivity index (χ2n) is 7.53. The zero-order chi connectivity index (χ0) is 21.1. The zero-order valence-electron chi connectivity index (χ0n) is 17.0. The highest BCUT2D eigenvalue weighted by molar-refractivity contribution is 7.99. The molecular formula is C23H24N4O2S. The Balaban J connectivity index is 1.32. The Hall–Kier alpha value is -3.06. The second-order valence-corrected chi connectivity index (χ2v) is 8.47. The van der Waals surface area contributed by atoms with E-state index in [1.165, 1.54) is 22.9 Å². The first kappa shape index (κ1) is 20.2. The van der Waals surface area contributed by atoms with Gasteiger partial charge in [-0.15, -0.1) is 0 Å². The molecule has 0 saturated heterocycles. The van der Waals surface area contributed by atoms with Gasteiger partial charge >= 0.3 is 0 Å². The van der Waals surface area contributed by atoms with Crippen molar-refractivity contribution in [3.8, 4) is 5.69 Å². The smallest absolute Gasteiger partial charge is 0.234 e. The van der Waals surface area contributed by atoms with Crippen LogP contribution in [0.4, 0.5) is 11.4 Å². The summed E-state index contributed by atoms with van der Waals surface area (Å²) in [5.41, 5.74) is 4.93. The first-order valence-electron chi connectivity index (χ1n) is 9.94. The summed E-state index contributed by atoms with van der Waals surface area (Å²) in [5, 5.41) is 6.55. The van der Waals surface area contributed by atoms with E-state index in [0.29, 0.717) is 5.69 Å². The maximum Gasteiger partial charge on any atom is 0.234 e. The lowest BCUT2D eigenvalue weighted by atomic mass is 10.1. The minimum absolute atomic E-state index is 0.0717. The van der Waals surface area contributed by atoms with Crippen molar-refractivity contribution >= 4 is 35.0 Å². The van der Waals surface area contributed by atoms with E-state index in [9.17, 15) is 9.59 Å². The number of aryl methyl sites for hydroxylation is 2. The number of aromatic nitrogens is 2. The van der Waals surface area contributed by atoms with Crippen molar-refractivity contribution in [2.24, 2.45) is 5.92 Å². The van der Waals surface area contributed by atoms with Gasteiger partial charge < -0.3 is 10.6 Å². The molecule has 0 spiro atoms. The van der Waals surface area contributed by atoms with E-state index in [4.69, 9.17) is 0 Å². The monoisotopic (exact) mass is 420 g/mol. The number of nitrogens with one attached hydrogen (secondary N) is 2. The Bertz CT molecular complexity index is 1070. The summed E-state index contributed by atoms with van der Waals surface area (Å²) in [4.78, 5) is 28.6. The highest BCUT2D eigenvalue weighted by Gasteiger charge is 2.29. The molecular weight excluding hydrogens is 396 g/mol. The summed E-state index contributed by atoms with van der Waals surface area (Å²) >= 11 is 1.39. The molecule has 30 heavy (non-hydrogen) atoms. The number of carbonyl (C=O) groups is 2. The molecule has 1 fully saturated rings. The molecule has 1 saturated carbocycles. The molecule has 0 bridgehead atoms. The zero-order valence-corrected chi connectivity index (χ0v) is 17.8. The van der Waals surface area contributed by atoms with Crippen LogP contribution in [0, 0.1) is 19.8 Å². The molecule has 7 heteroatoms. The molecule has 0 unspecified atom stereocenters. The number of imidazole rings is 1. The Morgan fingerprint density at radius 1 is 1.03 bits per heavy atom. The molecule has 0 radical (unpaired) electrons. The van der Waals surface area contributed by atoms with Crippen molar-refractivity contribution in [2.45, 2.75) is 31.8 Å². The first-order chi connectivity index (χ1) is 14.5. The van der Waals surface area contributed by atoms with Crippen molar-refractivity contribution in [3.05, 3.63) is 66.0 Å². The molecule has 154 valence electrons. The molecule has 0 atom stereocenters. The largest absolute Gasteiger partial charge is 0.326 e. The summed E-state index contributed by atoms with van der Waals surface area (Å²) in [6.07, 6.45) is 5.59. The third-order valence-electron chi connectivity index (χ3n) is 5.09. The van der Waals surface area contributed by atoms with E-state index in [1.807, 2.05) is 10.8 Å². The molecule has 3 aromatic rings.